The summed E-state index contributed by atoms with van der Waals surface area (Å²) in [5.74, 6) is 0.0360. The van der Waals surface area contributed by atoms with Crippen molar-refractivity contribution in [1.82, 2.24) is 15.1 Å². The molecule has 2 heterocycles. The van der Waals surface area contributed by atoms with Crippen LogP contribution in [0.5, 0.6) is 0 Å². The van der Waals surface area contributed by atoms with Crippen molar-refractivity contribution in [2.45, 2.75) is 5.22 Å². The highest BCUT2D eigenvalue weighted by atomic mass is 35.5. The molecule has 5 rings (SSSR count). The van der Waals surface area contributed by atoms with Crippen LogP contribution in [0.15, 0.2) is 82.4 Å². The van der Waals surface area contributed by atoms with Gasteiger partial charge in [-0.1, -0.05) is 23.4 Å². The molecule has 4 aromatic rings. The van der Waals surface area contributed by atoms with Gasteiger partial charge < -0.3 is 19.5 Å². The van der Waals surface area contributed by atoms with Crippen molar-refractivity contribution >= 4 is 52.2 Å². The highest BCUT2D eigenvalue weighted by Gasteiger charge is 2.22. The van der Waals surface area contributed by atoms with Crippen molar-refractivity contribution < 1.29 is 18.9 Å². The fraction of sp³-hybridized carbons (Fsp3) is 0.185. The van der Waals surface area contributed by atoms with Gasteiger partial charge in [-0.05, 0) is 60.7 Å². The van der Waals surface area contributed by atoms with E-state index in [0.717, 1.165) is 17.4 Å². The second-order valence-electron chi connectivity index (χ2n) is 8.85. The number of benzene rings is 3. The van der Waals surface area contributed by atoms with Crippen LogP contribution < -0.4 is 10.2 Å². The third-order valence-electron chi connectivity index (χ3n) is 6.23. The van der Waals surface area contributed by atoms with Gasteiger partial charge in [0.05, 0.1) is 10.7 Å². The molecule has 1 saturated heterocycles. The van der Waals surface area contributed by atoms with Crippen LogP contribution in [-0.4, -0.2) is 63.8 Å². The molecule has 0 aliphatic carbocycles. The van der Waals surface area contributed by atoms with E-state index in [2.05, 4.69) is 20.4 Å². The Morgan fingerprint density at radius 3 is 2.27 bits per heavy atom. The van der Waals surface area contributed by atoms with Gasteiger partial charge in [0.15, 0.2) is 0 Å². The second kappa shape index (κ2) is 12.2. The molecule has 1 aliphatic rings. The number of nitro benzene ring substituents is 1. The number of halogens is 1. The monoisotopic (exact) mass is 578 g/mol. The lowest BCUT2D eigenvalue weighted by molar-refractivity contribution is -0.384. The van der Waals surface area contributed by atoms with Crippen molar-refractivity contribution in [2.24, 2.45) is 0 Å². The summed E-state index contributed by atoms with van der Waals surface area (Å²) in [5, 5.41) is 22.3. The van der Waals surface area contributed by atoms with E-state index in [1.54, 1.807) is 24.3 Å². The minimum Gasteiger partial charge on any atom is -0.411 e. The molecule has 3 aromatic carbocycles. The van der Waals surface area contributed by atoms with Gasteiger partial charge >= 0.3 is 0 Å². The van der Waals surface area contributed by atoms with Crippen LogP contribution in [0, 0.1) is 10.1 Å². The van der Waals surface area contributed by atoms with Gasteiger partial charge in [-0.3, -0.25) is 19.7 Å². The number of nitro groups is 1. The summed E-state index contributed by atoms with van der Waals surface area (Å²) in [6, 6.07) is 20.2. The Morgan fingerprint density at radius 1 is 0.950 bits per heavy atom. The molecule has 1 fully saturated rings. The Balaban J connectivity index is 1.08. The summed E-state index contributed by atoms with van der Waals surface area (Å²) in [7, 11) is 0. The van der Waals surface area contributed by atoms with Crippen molar-refractivity contribution in [3.05, 3.63) is 93.5 Å². The standard InChI is InChI=1S/C27H23ClN6O5S/c28-20-5-1-19(2-6-20)26(36)33-15-13-32(14-16-33)22-11-7-21(8-12-22)29-24(35)17-40-27-31-30-25(39-27)18-3-9-23(10-4-18)34(37)38/h1-12H,13-17H2,(H,29,35). The second-order valence-corrected chi connectivity index (χ2v) is 10.2. The molecule has 1 N–H and O–H groups in total. The molecule has 204 valence electrons. The molecular formula is C27H23ClN6O5S. The van der Waals surface area contributed by atoms with E-state index in [9.17, 15) is 19.7 Å². The van der Waals surface area contributed by atoms with E-state index in [4.69, 9.17) is 16.0 Å². The molecule has 11 nitrogen and oxygen atoms in total. The molecule has 1 aliphatic heterocycles. The van der Waals surface area contributed by atoms with Crippen LogP contribution in [0.3, 0.4) is 0 Å². The lowest BCUT2D eigenvalue weighted by Gasteiger charge is -2.36. The predicted octanol–water partition coefficient (Wildman–Crippen LogP) is 4.99. The molecule has 0 radical (unpaired) electrons. The number of nitrogens with one attached hydrogen (secondary N) is 1. The number of nitrogens with zero attached hydrogens (tertiary/aromatic N) is 5. The lowest BCUT2D eigenvalue weighted by Crippen LogP contribution is -2.48. The summed E-state index contributed by atoms with van der Waals surface area (Å²) >= 11 is 7.01. The number of aromatic nitrogens is 2. The Hall–Kier alpha value is -4.42. The molecule has 0 spiro atoms. The van der Waals surface area contributed by atoms with Crippen molar-refractivity contribution in [2.75, 3.05) is 42.1 Å². The SMILES string of the molecule is O=C(CSc1nnc(-c2ccc([N+](=O)[O-])cc2)o1)Nc1ccc(N2CCN(C(=O)c3ccc(Cl)cc3)CC2)cc1. The summed E-state index contributed by atoms with van der Waals surface area (Å²) in [6.07, 6.45) is 0. The zero-order chi connectivity index (χ0) is 28.1. The number of anilines is 2. The highest BCUT2D eigenvalue weighted by molar-refractivity contribution is 7.99. The van der Waals surface area contributed by atoms with Crippen LogP contribution >= 0.6 is 23.4 Å². The zero-order valence-electron chi connectivity index (χ0n) is 21.0. The first-order chi connectivity index (χ1) is 19.4. The van der Waals surface area contributed by atoms with Gasteiger partial charge in [-0.15, -0.1) is 10.2 Å². The van der Waals surface area contributed by atoms with E-state index in [1.807, 2.05) is 29.2 Å². The van der Waals surface area contributed by atoms with Crippen molar-refractivity contribution in [3.63, 3.8) is 0 Å². The topological polar surface area (TPSA) is 135 Å². The minimum absolute atomic E-state index is 0.00431. The molecule has 13 heteroatoms. The fourth-order valence-corrected chi connectivity index (χ4v) is 4.82. The maximum Gasteiger partial charge on any atom is 0.277 e. The van der Waals surface area contributed by atoms with E-state index < -0.39 is 4.92 Å². The van der Waals surface area contributed by atoms with Crippen molar-refractivity contribution in [3.8, 4) is 11.5 Å². The van der Waals surface area contributed by atoms with Crippen LogP contribution in [0.1, 0.15) is 10.4 Å². The maximum atomic E-state index is 12.7. The minimum atomic E-state index is -0.486. The Morgan fingerprint density at radius 2 is 1.62 bits per heavy atom. The number of thioether (sulfide) groups is 1. The molecule has 0 unspecified atom stereocenters. The lowest BCUT2D eigenvalue weighted by atomic mass is 10.1. The van der Waals surface area contributed by atoms with E-state index in [-0.39, 0.29) is 34.4 Å². The number of carbonyl (C=O) groups excluding carboxylic acids is 2. The van der Waals surface area contributed by atoms with E-state index in [0.29, 0.717) is 48.0 Å². The number of hydrogen-bond acceptors (Lipinski definition) is 9. The Kier molecular flexibility index (Phi) is 8.27. The number of hydrogen-bond donors (Lipinski definition) is 1. The molecule has 1 aromatic heterocycles. The van der Waals surface area contributed by atoms with Crippen LogP contribution in [0.25, 0.3) is 11.5 Å². The van der Waals surface area contributed by atoms with E-state index in [1.165, 1.54) is 24.3 Å². The van der Waals surface area contributed by atoms with Crippen LogP contribution in [0.4, 0.5) is 17.1 Å². The molecular weight excluding hydrogens is 556 g/mol. The molecule has 2 amide bonds. The van der Waals surface area contributed by atoms with Gasteiger partial charge in [0.25, 0.3) is 16.8 Å². The first-order valence-corrected chi connectivity index (χ1v) is 13.6. The number of rotatable bonds is 8. The summed E-state index contributed by atoms with van der Waals surface area (Å²) in [5.41, 5.74) is 2.80. The Labute approximate surface area is 238 Å². The highest BCUT2D eigenvalue weighted by Crippen LogP contribution is 2.25. The quantitative estimate of drug-likeness (QED) is 0.174. The van der Waals surface area contributed by atoms with Crippen molar-refractivity contribution in [1.29, 1.82) is 0 Å². The van der Waals surface area contributed by atoms with Crippen LogP contribution in [0.2, 0.25) is 5.02 Å². The number of non-ortho nitro benzene ring substituents is 1. The normalized spacial score (nSPS) is 13.2. The maximum absolute atomic E-state index is 12.7. The fourth-order valence-electron chi connectivity index (χ4n) is 4.13. The first-order valence-electron chi connectivity index (χ1n) is 12.3. The van der Waals surface area contributed by atoms with Gasteiger partial charge in [0, 0.05) is 65.8 Å². The van der Waals surface area contributed by atoms with Gasteiger partial charge in [0.1, 0.15) is 0 Å². The molecule has 40 heavy (non-hydrogen) atoms. The number of piperazine rings is 1. The smallest absolute Gasteiger partial charge is 0.277 e. The first kappa shape index (κ1) is 27.2. The largest absolute Gasteiger partial charge is 0.411 e. The number of amides is 2. The average molecular weight is 579 g/mol. The van der Waals surface area contributed by atoms with Crippen LogP contribution in [-0.2, 0) is 4.79 Å². The zero-order valence-corrected chi connectivity index (χ0v) is 22.6. The van der Waals surface area contributed by atoms with Gasteiger partial charge in [-0.25, -0.2) is 0 Å². The van der Waals surface area contributed by atoms with Gasteiger partial charge in [0.2, 0.25) is 11.8 Å². The van der Waals surface area contributed by atoms with Gasteiger partial charge in [-0.2, -0.15) is 0 Å². The third-order valence-corrected chi connectivity index (χ3v) is 7.30. The summed E-state index contributed by atoms with van der Waals surface area (Å²) in [6.45, 7) is 2.62. The molecule has 0 saturated carbocycles. The third kappa shape index (κ3) is 6.58. The number of carbonyl (C=O) groups is 2. The average Bonchev–Trinajstić information content (AvgIpc) is 3.46. The molecule has 0 bridgehead atoms. The summed E-state index contributed by atoms with van der Waals surface area (Å²) < 4.78 is 5.56. The molecule has 0 atom stereocenters. The predicted molar refractivity (Wildman–Crippen MR) is 152 cm³/mol. The Bertz CT molecular complexity index is 1500. The van der Waals surface area contributed by atoms with E-state index >= 15 is 0 Å². The summed E-state index contributed by atoms with van der Waals surface area (Å²) in [4.78, 5) is 39.5.